The standard InChI is InChI=1S/C27H23F3N6O3S/c1-35(40(2,37)38)25-15-32-24-12-18(5-10-23(24)34-25)17-3-6-20(7-4-17)36(16-27(28,29)30)21-11-19(13-31)26(33-14-21)39-22-8-9-22/h3-7,10-12,14-15,22H,8-9,16H2,1-2H3. The van der Waals surface area contributed by atoms with E-state index < -0.39 is 22.7 Å². The van der Waals surface area contributed by atoms with E-state index in [1.807, 2.05) is 6.07 Å². The third kappa shape index (κ3) is 6.07. The Labute approximate surface area is 228 Å². The summed E-state index contributed by atoms with van der Waals surface area (Å²) in [5.41, 5.74) is 2.92. The largest absolute Gasteiger partial charge is 0.473 e. The average Bonchev–Trinajstić information content (AvgIpc) is 3.74. The molecule has 0 radical (unpaired) electrons. The Morgan fingerprint density at radius 1 is 1.00 bits per heavy atom. The predicted molar refractivity (Wildman–Crippen MR) is 144 cm³/mol. The fraction of sp³-hybridized carbons (Fsp3) is 0.259. The highest BCUT2D eigenvalue weighted by molar-refractivity contribution is 7.92. The highest BCUT2D eigenvalue weighted by Gasteiger charge is 2.32. The molecule has 0 unspecified atom stereocenters. The van der Waals surface area contributed by atoms with E-state index in [-0.39, 0.29) is 34.7 Å². The van der Waals surface area contributed by atoms with Crippen LogP contribution in [0.3, 0.4) is 0 Å². The van der Waals surface area contributed by atoms with E-state index in [2.05, 4.69) is 15.0 Å². The number of aromatic nitrogens is 3. The third-order valence-electron chi connectivity index (χ3n) is 6.27. The van der Waals surface area contributed by atoms with Gasteiger partial charge in [-0.1, -0.05) is 18.2 Å². The summed E-state index contributed by atoms with van der Waals surface area (Å²) in [5.74, 6) is 0.295. The fourth-order valence-corrected chi connectivity index (χ4v) is 4.38. The highest BCUT2D eigenvalue weighted by Crippen LogP contribution is 2.35. The molecule has 206 valence electrons. The molecule has 9 nitrogen and oxygen atoms in total. The van der Waals surface area contributed by atoms with Crippen molar-refractivity contribution in [1.82, 2.24) is 15.0 Å². The molecular weight excluding hydrogens is 545 g/mol. The van der Waals surface area contributed by atoms with Crippen LogP contribution in [0.25, 0.3) is 22.2 Å². The van der Waals surface area contributed by atoms with Gasteiger partial charge in [0.2, 0.25) is 15.9 Å². The molecule has 1 aliphatic carbocycles. The second-order valence-corrected chi connectivity index (χ2v) is 11.4. The molecule has 0 bridgehead atoms. The van der Waals surface area contributed by atoms with Crippen LogP contribution in [-0.4, -0.2) is 55.5 Å². The van der Waals surface area contributed by atoms with Gasteiger partial charge < -0.3 is 9.64 Å². The molecule has 0 aliphatic heterocycles. The van der Waals surface area contributed by atoms with Crippen molar-refractivity contribution in [1.29, 1.82) is 5.26 Å². The Morgan fingerprint density at radius 2 is 1.70 bits per heavy atom. The number of benzene rings is 2. The maximum Gasteiger partial charge on any atom is 0.406 e. The summed E-state index contributed by atoms with van der Waals surface area (Å²) in [4.78, 5) is 13.9. The molecule has 1 fully saturated rings. The molecule has 0 amide bonds. The van der Waals surface area contributed by atoms with Gasteiger partial charge in [-0.25, -0.2) is 18.4 Å². The molecule has 1 saturated carbocycles. The van der Waals surface area contributed by atoms with Gasteiger partial charge in [-0.15, -0.1) is 0 Å². The normalized spacial score (nSPS) is 13.6. The van der Waals surface area contributed by atoms with Crippen molar-refractivity contribution in [3.8, 4) is 23.1 Å². The van der Waals surface area contributed by atoms with Crippen LogP contribution in [0.2, 0.25) is 0 Å². The molecular formula is C27H23F3N6O3S. The summed E-state index contributed by atoms with van der Waals surface area (Å²) in [7, 11) is -2.11. The van der Waals surface area contributed by atoms with Crippen LogP contribution in [-0.2, 0) is 10.0 Å². The Bertz CT molecular complexity index is 1720. The topological polar surface area (TPSA) is 112 Å². The molecule has 0 N–H and O–H groups in total. The Kier molecular flexibility index (Phi) is 6.97. The van der Waals surface area contributed by atoms with Gasteiger partial charge in [0.1, 0.15) is 24.3 Å². The zero-order valence-corrected chi connectivity index (χ0v) is 22.2. The number of fused-ring (bicyclic) bond motifs is 1. The van der Waals surface area contributed by atoms with Crippen molar-refractivity contribution >= 4 is 38.2 Å². The molecule has 4 aromatic rings. The van der Waals surface area contributed by atoms with Gasteiger partial charge >= 0.3 is 6.18 Å². The lowest BCUT2D eigenvalue weighted by Crippen LogP contribution is -2.30. The van der Waals surface area contributed by atoms with E-state index in [0.29, 0.717) is 11.0 Å². The minimum atomic E-state index is -4.52. The van der Waals surface area contributed by atoms with Crippen LogP contribution in [0.1, 0.15) is 18.4 Å². The van der Waals surface area contributed by atoms with E-state index >= 15 is 0 Å². The lowest BCUT2D eigenvalue weighted by Gasteiger charge is -2.26. The summed E-state index contributed by atoms with van der Waals surface area (Å²) < 4.78 is 70.9. The number of sulfonamides is 1. The third-order valence-corrected chi connectivity index (χ3v) is 7.45. The van der Waals surface area contributed by atoms with Crippen LogP contribution < -0.4 is 13.9 Å². The lowest BCUT2D eigenvalue weighted by atomic mass is 10.0. The minimum absolute atomic E-state index is 0.0127. The molecule has 2 aromatic heterocycles. The number of pyridine rings is 1. The van der Waals surface area contributed by atoms with E-state index in [4.69, 9.17) is 4.74 Å². The molecule has 40 heavy (non-hydrogen) atoms. The maximum atomic E-state index is 13.6. The summed E-state index contributed by atoms with van der Waals surface area (Å²) >= 11 is 0. The molecule has 0 saturated heterocycles. The highest BCUT2D eigenvalue weighted by atomic mass is 32.2. The van der Waals surface area contributed by atoms with E-state index in [0.717, 1.165) is 39.4 Å². The molecule has 13 heteroatoms. The lowest BCUT2D eigenvalue weighted by molar-refractivity contribution is -0.118. The van der Waals surface area contributed by atoms with E-state index in [1.54, 1.807) is 42.5 Å². The monoisotopic (exact) mass is 568 g/mol. The van der Waals surface area contributed by atoms with Gasteiger partial charge in [-0.2, -0.15) is 18.4 Å². The maximum absolute atomic E-state index is 13.6. The molecule has 2 aromatic carbocycles. The fourth-order valence-electron chi connectivity index (χ4n) is 3.95. The number of alkyl halides is 3. The molecule has 1 aliphatic rings. The van der Waals surface area contributed by atoms with Crippen LogP contribution >= 0.6 is 0 Å². The minimum Gasteiger partial charge on any atom is -0.473 e. The van der Waals surface area contributed by atoms with Crippen molar-refractivity contribution < 1.29 is 26.3 Å². The Morgan fingerprint density at radius 3 is 2.33 bits per heavy atom. The quantitative estimate of drug-likeness (QED) is 0.285. The number of ether oxygens (including phenoxy) is 1. The SMILES string of the molecule is CN(c1cnc2cc(-c3ccc(N(CC(F)(F)F)c4cnc(OC5CC5)c(C#N)c4)cc3)ccc2n1)S(C)(=O)=O. The zero-order valence-electron chi connectivity index (χ0n) is 21.4. The summed E-state index contributed by atoms with van der Waals surface area (Å²) in [5, 5.41) is 9.53. The van der Waals surface area contributed by atoms with Crippen LogP contribution in [0.15, 0.2) is 60.9 Å². The van der Waals surface area contributed by atoms with E-state index in [1.165, 1.54) is 25.5 Å². The first-order chi connectivity index (χ1) is 18.9. The predicted octanol–water partition coefficient (Wildman–Crippen LogP) is 5.20. The molecule has 2 heterocycles. The Hall–Kier alpha value is -4.44. The van der Waals surface area contributed by atoms with E-state index in [9.17, 15) is 26.9 Å². The zero-order chi connectivity index (χ0) is 28.7. The van der Waals surface area contributed by atoms with Crippen molar-refractivity contribution in [2.45, 2.75) is 25.1 Å². The first-order valence-corrected chi connectivity index (χ1v) is 14.0. The van der Waals surface area contributed by atoms with Crippen molar-refractivity contribution in [3.63, 3.8) is 0 Å². The van der Waals surface area contributed by atoms with Gasteiger partial charge in [0, 0.05) is 12.7 Å². The number of hydrogen-bond donors (Lipinski definition) is 0. The number of nitrogens with zero attached hydrogens (tertiary/aromatic N) is 6. The van der Waals surface area contributed by atoms with Crippen LogP contribution in [0, 0.1) is 11.3 Å². The first kappa shape index (κ1) is 27.1. The number of hydrogen-bond acceptors (Lipinski definition) is 8. The number of nitriles is 1. The number of anilines is 3. The van der Waals surface area contributed by atoms with Gasteiger partial charge in [0.25, 0.3) is 0 Å². The van der Waals surface area contributed by atoms with Gasteiger partial charge in [-0.05, 0) is 54.3 Å². The van der Waals surface area contributed by atoms with Crippen LogP contribution in [0.4, 0.5) is 30.4 Å². The van der Waals surface area contributed by atoms with Crippen molar-refractivity contribution in [2.75, 3.05) is 29.1 Å². The Balaban J connectivity index is 1.44. The summed E-state index contributed by atoms with van der Waals surface area (Å²) in [6, 6.07) is 15.0. The number of halogens is 3. The molecule has 0 spiro atoms. The van der Waals surface area contributed by atoms with Gasteiger partial charge in [0.05, 0.1) is 35.4 Å². The molecule has 0 atom stereocenters. The van der Waals surface area contributed by atoms with Crippen LogP contribution in [0.5, 0.6) is 5.88 Å². The van der Waals surface area contributed by atoms with Gasteiger partial charge in [0.15, 0.2) is 5.82 Å². The first-order valence-electron chi connectivity index (χ1n) is 12.1. The second-order valence-electron chi connectivity index (χ2n) is 9.39. The van der Waals surface area contributed by atoms with Crippen molar-refractivity contribution in [2.24, 2.45) is 0 Å². The smallest absolute Gasteiger partial charge is 0.406 e. The van der Waals surface area contributed by atoms with Crippen molar-refractivity contribution in [3.05, 3.63) is 66.5 Å². The summed E-state index contributed by atoms with van der Waals surface area (Å²) in [6.45, 7) is -1.28. The average molecular weight is 569 g/mol. The second kappa shape index (κ2) is 10.3. The van der Waals surface area contributed by atoms with Gasteiger partial charge in [-0.3, -0.25) is 9.29 Å². The summed E-state index contributed by atoms with van der Waals surface area (Å²) in [6.07, 6.45) is 0.875. The number of rotatable bonds is 8. The molecule has 5 rings (SSSR count).